The summed E-state index contributed by atoms with van der Waals surface area (Å²) in [6, 6.07) is 0. The Morgan fingerprint density at radius 1 is 1.62 bits per heavy atom. The molecule has 0 N–H and O–H groups in total. The van der Waals surface area contributed by atoms with Crippen LogP contribution in [0.5, 0.6) is 0 Å². The number of ether oxygens (including phenoxy) is 1. The van der Waals surface area contributed by atoms with Gasteiger partial charge in [-0.2, -0.15) is 0 Å². The molecule has 0 unspecified atom stereocenters. The molecule has 4 heteroatoms. The van der Waals surface area contributed by atoms with E-state index in [-0.39, 0.29) is 6.09 Å². The van der Waals surface area contributed by atoms with Crippen LogP contribution >= 0.6 is 0 Å². The average molecular weight is 197 g/mol. The van der Waals surface area contributed by atoms with Gasteiger partial charge in [0.2, 0.25) is 0 Å². The molecule has 3 nitrogen and oxygen atoms in total. The summed E-state index contributed by atoms with van der Waals surface area (Å²) in [7, 11) is -1.53. The second kappa shape index (κ2) is 3.40. The Morgan fingerprint density at radius 2 is 2.23 bits per heavy atom. The summed E-state index contributed by atoms with van der Waals surface area (Å²) in [5, 5.41) is 0.940. The molecule has 72 valence electrons. The van der Waals surface area contributed by atoms with Crippen LogP contribution in [0.1, 0.15) is 0 Å². The van der Waals surface area contributed by atoms with E-state index in [0.717, 1.165) is 5.32 Å². The van der Waals surface area contributed by atoms with Crippen molar-refractivity contribution in [2.24, 2.45) is 0 Å². The SMILES string of the molecule is C=C=C(N1CCOC1=O)[Si](C)(C)C. The fourth-order valence-corrected chi connectivity index (χ4v) is 2.91. The lowest BCUT2D eigenvalue weighted by molar-refractivity contribution is 0.165. The lowest BCUT2D eigenvalue weighted by atomic mass is 10.6. The smallest absolute Gasteiger partial charge is 0.414 e. The Balaban J connectivity index is 2.92. The minimum absolute atomic E-state index is 0.256. The normalized spacial score (nSPS) is 16.8. The summed E-state index contributed by atoms with van der Waals surface area (Å²) in [5.41, 5.74) is 2.87. The number of rotatable bonds is 2. The van der Waals surface area contributed by atoms with Gasteiger partial charge < -0.3 is 4.74 Å². The Kier molecular flexibility index (Phi) is 2.64. The van der Waals surface area contributed by atoms with Gasteiger partial charge in [0.1, 0.15) is 14.7 Å². The maximum absolute atomic E-state index is 11.3. The Hall–Kier alpha value is -0.993. The summed E-state index contributed by atoms with van der Waals surface area (Å²) in [6.45, 7) is 11.2. The van der Waals surface area contributed by atoms with Crippen molar-refractivity contribution in [2.75, 3.05) is 13.2 Å². The van der Waals surface area contributed by atoms with Crippen molar-refractivity contribution in [1.82, 2.24) is 4.90 Å². The minimum atomic E-state index is -1.53. The maximum Gasteiger partial charge on any atom is 0.414 e. The van der Waals surface area contributed by atoms with Crippen LogP contribution in [-0.4, -0.2) is 32.2 Å². The summed E-state index contributed by atoms with van der Waals surface area (Å²) in [5.74, 6) is 0. The molecule has 0 aromatic heterocycles. The molecule has 0 aliphatic carbocycles. The molecule has 13 heavy (non-hydrogen) atoms. The van der Waals surface area contributed by atoms with Crippen molar-refractivity contribution in [3.05, 3.63) is 17.6 Å². The van der Waals surface area contributed by atoms with Crippen molar-refractivity contribution in [3.63, 3.8) is 0 Å². The van der Waals surface area contributed by atoms with Crippen molar-refractivity contribution in [1.29, 1.82) is 0 Å². The van der Waals surface area contributed by atoms with E-state index in [1.807, 2.05) is 0 Å². The first-order valence-electron chi connectivity index (χ1n) is 4.31. The predicted molar refractivity (Wildman–Crippen MR) is 54.1 cm³/mol. The molecule has 0 aromatic rings. The van der Waals surface area contributed by atoms with Gasteiger partial charge in [-0.3, -0.25) is 4.90 Å². The maximum atomic E-state index is 11.3. The molecule has 0 spiro atoms. The number of carbonyl (C=O) groups is 1. The number of hydrogen-bond donors (Lipinski definition) is 0. The first-order valence-corrected chi connectivity index (χ1v) is 7.81. The second-order valence-corrected chi connectivity index (χ2v) is 9.01. The summed E-state index contributed by atoms with van der Waals surface area (Å²) in [6.07, 6.45) is -0.256. The zero-order valence-electron chi connectivity index (χ0n) is 8.39. The Labute approximate surface area is 79.7 Å². The van der Waals surface area contributed by atoms with Gasteiger partial charge in [-0.15, -0.1) is 5.73 Å². The quantitative estimate of drug-likeness (QED) is 0.500. The van der Waals surface area contributed by atoms with Gasteiger partial charge in [-0.1, -0.05) is 26.2 Å². The summed E-state index contributed by atoms with van der Waals surface area (Å²) < 4.78 is 4.86. The van der Waals surface area contributed by atoms with Gasteiger partial charge in [0.25, 0.3) is 0 Å². The van der Waals surface area contributed by atoms with Crippen LogP contribution in [0.4, 0.5) is 4.79 Å². The van der Waals surface area contributed by atoms with Gasteiger partial charge in [-0.05, 0) is 0 Å². The van der Waals surface area contributed by atoms with E-state index >= 15 is 0 Å². The summed E-state index contributed by atoms with van der Waals surface area (Å²) in [4.78, 5) is 12.9. The largest absolute Gasteiger partial charge is 0.447 e. The molecular formula is C9H15NO2Si. The molecule has 0 aromatic carbocycles. The predicted octanol–water partition coefficient (Wildman–Crippen LogP) is 1.98. The second-order valence-electron chi connectivity index (χ2n) is 4.04. The van der Waals surface area contributed by atoms with Crippen LogP contribution in [0.25, 0.3) is 0 Å². The lowest BCUT2D eigenvalue weighted by Gasteiger charge is -2.25. The third-order valence-electron chi connectivity index (χ3n) is 1.91. The van der Waals surface area contributed by atoms with Crippen LogP contribution in [0.15, 0.2) is 17.6 Å². The van der Waals surface area contributed by atoms with Crippen LogP contribution < -0.4 is 0 Å². The molecule has 1 amide bonds. The molecule has 0 saturated carbocycles. The number of cyclic esters (lactones) is 1. The van der Waals surface area contributed by atoms with Crippen LogP contribution in [0.2, 0.25) is 19.6 Å². The molecule has 0 bridgehead atoms. The highest BCUT2D eigenvalue weighted by Crippen LogP contribution is 2.20. The molecule has 1 rings (SSSR count). The van der Waals surface area contributed by atoms with E-state index in [9.17, 15) is 4.79 Å². The van der Waals surface area contributed by atoms with Gasteiger partial charge in [0.15, 0.2) is 0 Å². The Bertz CT molecular complexity index is 274. The number of carbonyl (C=O) groups excluding carboxylic acids is 1. The van der Waals surface area contributed by atoms with Crippen molar-refractivity contribution in [2.45, 2.75) is 19.6 Å². The number of hydrogen-bond acceptors (Lipinski definition) is 2. The number of nitrogens with zero attached hydrogens (tertiary/aromatic N) is 1. The molecule has 1 aliphatic heterocycles. The molecule has 1 heterocycles. The molecule has 0 atom stereocenters. The molecule has 1 fully saturated rings. The van der Waals surface area contributed by atoms with Gasteiger partial charge in [0, 0.05) is 5.32 Å². The van der Waals surface area contributed by atoms with Crippen LogP contribution in [0.3, 0.4) is 0 Å². The van der Waals surface area contributed by atoms with E-state index in [1.165, 1.54) is 0 Å². The lowest BCUT2D eigenvalue weighted by Crippen LogP contribution is -2.37. The fourth-order valence-electron chi connectivity index (χ4n) is 1.36. The zero-order chi connectivity index (χ0) is 10.1. The van der Waals surface area contributed by atoms with E-state index in [0.29, 0.717) is 13.2 Å². The van der Waals surface area contributed by atoms with Gasteiger partial charge in [0.05, 0.1) is 6.54 Å². The zero-order valence-corrected chi connectivity index (χ0v) is 9.39. The van der Waals surface area contributed by atoms with Crippen molar-refractivity contribution in [3.8, 4) is 0 Å². The highest BCUT2D eigenvalue weighted by Gasteiger charge is 2.32. The van der Waals surface area contributed by atoms with Crippen molar-refractivity contribution < 1.29 is 9.53 Å². The molecule has 1 aliphatic rings. The standard InChI is InChI=1S/C9H15NO2Si/c1-5-8(13(2,3)4)10-6-7-12-9(10)11/h1,6-7H2,2-4H3. The highest BCUT2D eigenvalue weighted by atomic mass is 28.3. The van der Waals surface area contributed by atoms with Crippen LogP contribution in [-0.2, 0) is 4.74 Å². The molecular weight excluding hydrogens is 182 g/mol. The minimum Gasteiger partial charge on any atom is -0.447 e. The topological polar surface area (TPSA) is 29.5 Å². The highest BCUT2D eigenvalue weighted by molar-refractivity contribution is 6.83. The van der Waals surface area contributed by atoms with Crippen LogP contribution in [0, 0.1) is 0 Å². The van der Waals surface area contributed by atoms with E-state index in [2.05, 4.69) is 32.0 Å². The van der Waals surface area contributed by atoms with Crippen molar-refractivity contribution >= 4 is 14.2 Å². The third kappa shape index (κ3) is 2.02. The fraction of sp³-hybridized carbons (Fsp3) is 0.556. The first-order chi connectivity index (χ1) is 5.96. The first kappa shape index (κ1) is 10.1. The van der Waals surface area contributed by atoms with E-state index < -0.39 is 8.07 Å². The van der Waals surface area contributed by atoms with Gasteiger partial charge in [-0.25, -0.2) is 4.79 Å². The molecule has 0 radical (unpaired) electrons. The van der Waals surface area contributed by atoms with E-state index in [1.54, 1.807) is 4.90 Å². The third-order valence-corrected chi connectivity index (χ3v) is 3.78. The summed E-state index contributed by atoms with van der Waals surface area (Å²) >= 11 is 0. The van der Waals surface area contributed by atoms with E-state index in [4.69, 9.17) is 4.74 Å². The Morgan fingerprint density at radius 3 is 2.54 bits per heavy atom. The monoisotopic (exact) mass is 197 g/mol. The average Bonchev–Trinajstić information content (AvgIpc) is 2.35. The number of amides is 1. The van der Waals surface area contributed by atoms with Gasteiger partial charge >= 0.3 is 6.09 Å². The molecule has 1 saturated heterocycles.